The van der Waals surface area contributed by atoms with Gasteiger partial charge in [0.25, 0.3) is 0 Å². The second kappa shape index (κ2) is 8.19. The standard InChI is InChI=1S/C22H23F3N4O5/c1-10-9-29-16-6-5-14(18-27-28-20(34-18)22(23,24)25)7-15(16)8-21(12(3)30,17(29)11(2)33-10)19(32)26-13(4)31/h5-7,10-11,17H,8-9H2,1-4H3,(H,26,31,32)/t10-,11+,17-,21+/m1/s1. The highest BCUT2D eigenvalue weighted by molar-refractivity contribution is 6.11. The number of rotatable bonds is 3. The molecule has 0 radical (unpaired) electrons. The van der Waals surface area contributed by atoms with Gasteiger partial charge in [-0.1, -0.05) is 0 Å². The molecule has 9 nitrogen and oxygen atoms in total. The van der Waals surface area contributed by atoms with Gasteiger partial charge < -0.3 is 14.1 Å². The summed E-state index contributed by atoms with van der Waals surface area (Å²) in [6, 6.07) is 4.07. The lowest BCUT2D eigenvalue weighted by molar-refractivity contribution is -0.157. The van der Waals surface area contributed by atoms with Crippen molar-refractivity contribution in [3.63, 3.8) is 0 Å². The van der Waals surface area contributed by atoms with E-state index in [0.717, 1.165) is 0 Å². The molecule has 0 bridgehead atoms. The molecule has 0 saturated carbocycles. The zero-order chi connectivity index (χ0) is 25.0. The zero-order valence-electron chi connectivity index (χ0n) is 18.9. The highest BCUT2D eigenvalue weighted by Crippen LogP contribution is 2.47. The van der Waals surface area contributed by atoms with E-state index in [4.69, 9.17) is 9.15 Å². The Bertz CT molecular complexity index is 1160. The number of ketones is 1. The topological polar surface area (TPSA) is 115 Å². The molecule has 0 aliphatic carbocycles. The molecule has 1 aromatic carbocycles. The second-order valence-electron chi connectivity index (χ2n) is 8.72. The van der Waals surface area contributed by atoms with Gasteiger partial charge in [-0.3, -0.25) is 19.7 Å². The molecular weight excluding hydrogens is 457 g/mol. The quantitative estimate of drug-likeness (QED) is 0.667. The number of hydrogen-bond acceptors (Lipinski definition) is 8. The van der Waals surface area contributed by atoms with Gasteiger partial charge in [-0.2, -0.15) is 13.2 Å². The lowest BCUT2D eigenvalue weighted by Gasteiger charge is -2.54. The van der Waals surface area contributed by atoms with Crippen molar-refractivity contribution >= 4 is 23.3 Å². The number of hydrogen-bond donors (Lipinski definition) is 1. The van der Waals surface area contributed by atoms with Gasteiger partial charge in [0.05, 0.1) is 18.2 Å². The van der Waals surface area contributed by atoms with Crippen LogP contribution in [0.3, 0.4) is 0 Å². The second-order valence-corrected chi connectivity index (χ2v) is 8.72. The van der Waals surface area contributed by atoms with E-state index in [9.17, 15) is 27.6 Å². The summed E-state index contributed by atoms with van der Waals surface area (Å²) in [5, 5.41) is 8.80. The van der Waals surface area contributed by atoms with Gasteiger partial charge >= 0.3 is 12.1 Å². The van der Waals surface area contributed by atoms with Gasteiger partial charge in [-0.05, 0) is 51.0 Å². The van der Waals surface area contributed by atoms with E-state index in [2.05, 4.69) is 15.5 Å². The van der Waals surface area contributed by atoms with Crippen molar-refractivity contribution < 1.29 is 36.7 Å². The predicted octanol–water partition coefficient (Wildman–Crippen LogP) is 2.53. The summed E-state index contributed by atoms with van der Waals surface area (Å²) in [6.07, 6.45) is -5.62. The third kappa shape index (κ3) is 3.85. The van der Waals surface area contributed by atoms with Crippen LogP contribution in [0.15, 0.2) is 22.6 Å². The molecule has 4 rings (SSSR count). The van der Waals surface area contributed by atoms with Crippen LogP contribution in [0.1, 0.15) is 39.1 Å². The highest BCUT2D eigenvalue weighted by Gasteiger charge is 2.59. The fourth-order valence-corrected chi connectivity index (χ4v) is 5.02. The van der Waals surface area contributed by atoms with Crippen LogP contribution in [0, 0.1) is 5.41 Å². The van der Waals surface area contributed by atoms with E-state index in [1.807, 2.05) is 11.8 Å². The molecule has 1 saturated heterocycles. The monoisotopic (exact) mass is 480 g/mol. The van der Waals surface area contributed by atoms with Gasteiger partial charge in [-0.25, -0.2) is 0 Å². The van der Waals surface area contributed by atoms with Gasteiger partial charge in [-0.15, -0.1) is 10.2 Å². The first-order valence-corrected chi connectivity index (χ1v) is 10.6. The van der Waals surface area contributed by atoms with Crippen molar-refractivity contribution in [3.8, 4) is 11.5 Å². The number of ether oxygens (including phenoxy) is 1. The van der Waals surface area contributed by atoms with E-state index >= 15 is 0 Å². The molecule has 1 aromatic heterocycles. The fourth-order valence-electron chi connectivity index (χ4n) is 5.02. The number of alkyl halides is 3. The van der Waals surface area contributed by atoms with E-state index in [0.29, 0.717) is 17.8 Å². The molecule has 0 unspecified atom stereocenters. The molecular formula is C22H23F3N4O5. The first-order chi connectivity index (χ1) is 15.8. The number of fused-ring (bicyclic) bond motifs is 3. The molecule has 182 valence electrons. The van der Waals surface area contributed by atoms with Crippen molar-refractivity contribution in [2.75, 3.05) is 11.4 Å². The number of halogens is 3. The smallest absolute Gasteiger partial charge is 0.413 e. The number of carbonyl (C=O) groups excluding carboxylic acids is 3. The summed E-state index contributed by atoms with van der Waals surface area (Å²) in [4.78, 5) is 40.0. The average molecular weight is 480 g/mol. The van der Waals surface area contributed by atoms with E-state index in [1.54, 1.807) is 19.1 Å². The van der Waals surface area contributed by atoms with Crippen LogP contribution in [0.25, 0.3) is 11.5 Å². The van der Waals surface area contributed by atoms with Crippen LogP contribution in [-0.2, 0) is 31.7 Å². The number of carbonyl (C=O) groups is 3. The molecule has 12 heteroatoms. The summed E-state index contributed by atoms with van der Waals surface area (Å²) < 4.78 is 49.5. The Kier molecular flexibility index (Phi) is 5.75. The number of anilines is 1. The summed E-state index contributed by atoms with van der Waals surface area (Å²) >= 11 is 0. The van der Waals surface area contributed by atoms with Crippen LogP contribution in [0.2, 0.25) is 0 Å². The first kappa shape index (κ1) is 23.9. The average Bonchev–Trinajstić information content (AvgIpc) is 3.22. The minimum atomic E-state index is -4.79. The number of nitrogens with zero attached hydrogens (tertiary/aromatic N) is 3. The van der Waals surface area contributed by atoms with Gasteiger partial charge in [0.2, 0.25) is 17.7 Å². The van der Waals surface area contributed by atoms with Crippen LogP contribution in [0.4, 0.5) is 18.9 Å². The molecule has 0 spiro atoms. The van der Waals surface area contributed by atoms with E-state index in [1.165, 1.54) is 19.9 Å². The van der Waals surface area contributed by atoms with Gasteiger partial charge in [0.15, 0.2) is 0 Å². The van der Waals surface area contributed by atoms with Gasteiger partial charge in [0.1, 0.15) is 11.2 Å². The molecule has 34 heavy (non-hydrogen) atoms. The Morgan fingerprint density at radius 2 is 1.88 bits per heavy atom. The fraction of sp³-hybridized carbons (Fsp3) is 0.500. The van der Waals surface area contributed by atoms with Gasteiger partial charge in [0, 0.05) is 24.7 Å². The van der Waals surface area contributed by atoms with Crippen LogP contribution in [0.5, 0.6) is 0 Å². The molecule has 2 aromatic rings. The summed E-state index contributed by atoms with van der Waals surface area (Å²) in [5.74, 6) is -3.64. The molecule has 1 N–H and O–H groups in total. The minimum Gasteiger partial charge on any atom is -0.413 e. The number of benzene rings is 1. The molecule has 2 amide bonds. The zero-order valence-corrected chi connectivity index (χ0v) is 18.9. The Labute approximate surface area is 192 Å². The molecule has 4 atom stereocenters. The summed E-state index contributed by atoms with van der Waals surface area (Å²) in [7, 11) is 0. The van der Waals surface area contributed by atoms with E-state index < -0.39 is 47.2 Å². The lowest BCUT2D eigenvalue weighted by atomic mass is 9.65. The molecule has 2 aliphatic heterocycles. The molecule has 1 fully saturated rings. The summed E-state index contributed by atoms with van der Waals surface area (Å²) in [6.45, 7) is 6.45. The van der Waals surface area contributed by atoms with Crippen LogP contribution >= 0.6 is 0 Å². The predicted molar refractivity (Wildman–Crippen MR) is 112 cm³/mol. The molecule has 3 heterocycles. The SMILES string of the molecule is CC(=O)NC(=O)[C@]1(C(C)=O)Cc2cc(-c3nnc(C(F)(F)F)o3)ccc2N2C[C@@H](C)O[C@@H](C)[C@@H]21. The van der Waals surface area contributed by atoms with Crippen molar-refractivity contribution in [2.45, 2.75) is 58.5 Å². The number of imide groups is 1. The Morgan fingerprint density at radius 1 is 1.18 bits per heavy atom. The maximum atomic E-state index is 13.3. The van der Waals surface area contributed by atoms with E-state index in [-0.39, 0.29) is 24.0 Å². The Morgan fingerprint density at radius 3 is 2.47 bits per heavy atom. The Hall–Kier alpha value is -3.28. The number of aromatic nitrogens is 2. The first-order valence-electron chi connectivity index (χ1n) is 10.6. The maximum Gasteiger partial charge on any atom is 0.470 e. The van der Waals surface area contributed by atoms with Crippen LogP contribution in [-0.4, -0.2) is 52.6 Å². The molecule has 2 aliphatic rings. The number of morpholine rings is 1. The summed E-state index contributed by atoms with van der Waals surface area (Å²) in [5.41, 5.74) is -0.225. The lowest BCUT2D eigenvalue weighted by Crippen LogP contribution is -2.69. The minimum absolute atomic E-state index is 0.0892. The van der Waals surface area contributed by atoms with Crippen molar-refractivity contribution in [2.24, 2.45) is 5.41 Å². The maximum absolute atomic E-state index is 13.3. The van der Waals surface area contributed by atoms with Crippen LogP contribution < -0.4 is 10.2 Å². The number of nitrogens with one attached hydrogen (secondary N) is 1. The number of amides is 2. The van der Waals surface area contributed by atoms with Crippen molar-refractivity contribution in [3.05, 3.63) is 29.7 Å². The Balaban J connectivity index is 1.86. The third-order valence-electron chi connectivity index (χ3n) is 6.28. The normalized spacial score (nSPS) is 26.4. The highest BCUT2D eigenvalue weighted by atomic mass is 19.4. The van der Waals surface area contributed by atoms with Crippen molar-refractivity contribution in [1.29, 1.82) is 0 Å². The van der Waals surface area contributed by atoms with Crippen molar-refractivity contribution in [1.82, 2.24) is 15.5 Å². The third-order valence-corrected chi connectivity index (χ3v) is 6.28. The number of Topliss-reactive ketones (excluding diaryl/α,β-unsaturated/α-hetero) is 1. The largest absolute Gasteiger partial charge is 0.470 e.